The molecule has 3 aromatic rings. The quantitative estimate of drug-likeness (QED) is 0.496. The van der Waals surface area contributed by atoms with Gasteiger partial charge in [0, 0.05) is 18.3 Å². The van der Waals surface area contributed by atoms with Gasteiger partial charge in [-0.2, -0.15) is 0 Å². The number of nitrogens with one attached hydrogen (secondary N) is 1. The van der Waals surface area contributed by atoms with Crippen molar-refractivity contribution < 1.29 is 28.2 Å². The van der Waals surface area contributed by atoms with Crippen LogP contribution in [0, 0.1) is 5.82 Å². The number of pyridine rings is 1. The van der Waals surface area contributed by atoms with Crippen molar-refractivity contribution in [1.82, 2.24) is 4.98 Å². The molecule has 0 atom stereocenters. The number of nitrogens with zero attached hydrogens (tertiary/aromatic N) is 1. The Morgan fingerprint density at radius 2 is 1.72 bits per heavy atom. The Kier molecular flexibility index (Phi) is 7.04. The van der Waals surface area contributed by atoms with E-state index in [1.54, 1.807) is 20.8 Å². The molecule has 0 radical (unpaired) electrons. The summed E-state index contributed by atoms with van der Waals surface area (Å²) in [6.07, 6.45) is 0.612. The molecule has 0 aliphatic rings. The summed E-state index contributed by atoms with van der Waals surface area (Å²) in [5.41, 5.74) is 0.163. The zero-order valence-electron chi connectivity index (χ0n) is 17.9. The van der Waals surface area contributed by atoms with E-state index in [0.717, 1.165) is 11.6 Å². The third kappa shape index (κ3) is 6.80. The first-order valence-corrected chi connectivity index (χ1v) is 9.84. The van der Waals surface area contributed by atoms with E-state index >= 15 is 0 Å². The predicted molar refractivity (Wildman–Crippen MR) is 116 cm³/mol. The first-order chi connectivity index (χ1) is 15.2. The van der Waals surface area contributed by atoms with E-state index in [-0.39, 0.29) is 29.5 Å². The van der Waals surface area contributed by atoms with Crippen molar-refractivity contribution in [2.45, 2.75) is 33.0 Å². The van der Waals surface area contributed by atoms with Gasteiger partial charge in [-0.05, 0) is 44.5 Å². The fraction of sp³-hybridized carbons (Fsp3) is 0.208. The van der Waals surface area contributed by atoms with Crippen LogP contribution in [0.3, 0.4) is 0 Å². The van der Waals surface area contributed by atoms with Gasteiger partial charge in [0.2, 0.25) is 0 Å². The van der Waals surface area contributed by atoms with E-state index in [4.69, 9.17) is 14.2 Å². The number of halogens is 1. The van der Waals surface area contributed by atoms with Crippen molar-refractivity contribution in [3.63, 3.8) is 0 Å². The van der Waals surface area contributed by atoms with Gasteiger partial charge < -0.3 is 14.2 Å². The molecule has 0 bridgehead atoms. The Labute approximate surface area is 185 Å². The lowest BCUT2D eigenvalue weighted by atomic mass is 10.2. The first kappa shape index (κ1) is 22.7. The number of benzene rings is 2. The van der Waals surface area contributed by atoms with Crippen LogP contribution >= 0.6 is 0 Å². The fourth-order valence-electron chi connectivity index (χ4n) is 2.58. The Balaban J connectivity index is 1.61. The highest BCUT2D eigenvalue weighted by atomic mass is 19.1. The molecule has 1 heterocycles. The summed E-state index contributed by atoms with van der Waals surface area (Å²) in [5.74, 6) is -0.849. The van der Waals surface area contributed by atoms with Crippen LogP contribution in [-0.4, -0.2) is 22.6 Å². The summed E-state index contributed by atoms with van der Waals surface area (Å²) in [7, 11) is 0. The zero-order chi connectivity index (χ0) is 23.1. The minimum Gasteiger partial charge on any atom is -0.457 e. The van der Waals surface area contributed by atoms with Gasteiger partial charge in [-0.25, -0.2) is 19.0 Å². The molecule has 166 valence electrons. The lowest BCUT2D eigenvalue weighted by Crippen LogP contribution is -2.24. The summed E-state index contributed by atoms with van der Waals surface area (Å²) in [6.45, 7) is 5.32. The standard InChI is InChI=1S/C24H23FN2O5/c1-24(2,3)32-22(28)21-14-18(11-12-26-21)31-17-9-10-20(19(25)13-17)27-23(29)30-15-16-7-5-4-6-8-16/h4-14H,15H2,1-3H3,(H,27,29). The number of hydrogen-bond acceptors (Lipinski definition) is 6. The van der Waals surface area contributed by atoms with Crippen LogP contribution in [0.2, 0.25) is 0 Å². The van der Waals surface area contributed by atoms with E-state index < -0.39 is 23.5 Å². The molecule has 32 heavy (non-hydrogen) atoms. The highest BCUT2D eigenvalue weighted by Crippen LogP contribution is 2.26. The summed E-state index contributed by atoms with van der Waals surface area (Å²) >= 11 is 0. The van der Waals surface area contributed by atoms with Crippen LogP contribution in [0.1, 0.15) is 36.8 Å². The van der Waals surface area contributed by atoms with Crippen LogP contribution in [0.25, 0.3) is 0 Å². The monoisotopic (exact) mass is 438 g/mol. The number of amides is 1. The molecule has 3 rings (SSSR count). The number of rotatable bonds is 6. The SMILES string of the molecule is CC(C)(C)OC(=O)c1cc(Oc2ccc(NC(=O)OCc3ccccc3)c(F)c2)ccn1. The molecule has 0 aliphatic carbocycles. The van der Waals surface area contributed by atoms with Gasteiger partial charge in [-0.15, -0.1) is 0 Å². The summed E-state index contributed by atoms with van der Waals surface area (Å²) in [4.78, 5) is 28.1. The third-order valence-corrected chi connectivity index (χ3v) is 3.97. The topological polar surface area (TPSA) is 86.8 Å². The lowest BCUT2D eigenvalue weighted by Gasteiger charge is -2.19. The first-order valence-electron chi connectivity index (χ1n) is 9.84. The molecule has 0 saturated heterocycles. The number of aromatic nitrogens is 1. The number of esters is 1. The molecular formula is C24H23FN2O5. The molecule has 0 fully saturated rings. The Morgan fingerprint density at radius 3 is 2.41 bits per heavy atom. The van der Waals surface area contributed by atoms with E-state index in [9.17, 15) is 14.0 Å². The maximum absolute atomic E-state index is 14.4. The Hall–Kier alpha value is -3.94. The maximum atomic E-state index is 14.4. The molecule has 0 saturated carbocycles. The molecule has 0 unspecified atom stereocenters. The number of ether oxygens (including phenoxy) is 3. The van der Waals surface area contributed by atoms with Crippen molar-refractivity contribution >= 4 is 17.7 Å². The molecule has 1 aromatic heterocycles. The molecule has 0 spiro atoms. The average molecular weight is 438 g/mol. The van der Waals surface area contributed by atoms with E-state index in [2.05, 4.69) is 10.3 Å². The second-order valence-corrected chi connectivity index (χ2v) is 7.81. The zero-order valence-corrected chi connectivity index (χ0v) is 17.9. The molecular weight excluding hydrogens is 415 g/mol. The molecule has 7 nitrogen and oxygen atoms in total. The maximum Gasteiger partial charge on any atom is 0.412 e. The van der Waals surface area contributed by atoms with Gasteiger partial charge >= 0.3 is 12.1 Å². The highest BCUT2D eigenvalue weighted by Gasteiger charge is 2.19. The van der Waals surface area contributed by atoms with Crippen LogP contribution in [0.4, 0.5) is 14.9 Å². The van der Waals surface area contributed by atoms with Gasteiger partial charge in [-0.3, -0.25) is 5.32 Å². The third-order valence-electron chi connectivity index (χ3n) is 3.97. The van der Waals surface area contributed by atoms with Gasteiger partial charge in [0.05, 0.1) is 5.69 Å². The molecule has 1 N–H and O–H groups in total. The number of carbonyl (C=O) groups excluding carboxylic acids is 2. The molecule has 0 aliphatic heterocycles. The molecule has 2 aromatic carbocycles. The van der Waals surface area contributed by atoms with Crippen LogP contribution in [0.5, 0.6) is 11.5 Å². The van der Waals surface area contributed by atoms with E-state index in [1.807, 2.05) is 30.3 Å². The molecule has 8 heteroatoms. The van der Waals surface area contributed by atoms with Gasteiger partial charge in [-0.1, -0.05) is 30.3 Å². The van der Waals surface area contributed by atoms with Gasteiger partial charge in [0.1, 0.15) is 23.7 Å². The second kappa shape index (κ2) is 9.91. The minimum atomic E-state index is -0.780. The van der Waals surface area contributed by atoms with Crippen LogP contribution in [-0.2, 0) is 16.1 Å². The summed E-state index contributed by atoms with van der Waals surface area (Å²) in [5, 5.41) is 2.35. The number of carbonyl (C=O) groups is 2. The average Bonchev–Trinajstić information content (AvgIpc) is 2.74. The van der Waals surface area contributed by atoms with E-state index in [0.29, 0.717) is 0 Å². The summed E-state index contributed by atoms with van der Waals surface area (Å²) < 4.78 is 30.4. The number of anilines is 1. The van der Waals surface area contributed by atoms with Crippen molar-refractivity contribution in [3.8, 4) is 11.5 Å². The normalized spacial score (nSPS) is 10.9. The van der Waals surface area contributed by atoms with Gasteiger partial charge in [0.25, 0.3) is 0 Å². The van der Waals surface area contributed by atoms with Crippen molar-refractivity contribution in [1.29, 1.82) is 0 Å². The largest absolute Gasteiger partial charge is 0.457 e. The number of hydrogen-bond donors (Lipinski definition) is 1. The van der Waals surface area contributed by atoms with Gasteiger partial charge in [0.15, 0.2) is 11.5 Å². The summed E-state index contributed by atoms with van der Waals surface area (Å²) in [6, 6.07) is 16.0. The predicted octanol–water partition coefficient (Wildman–Crippen LogP) is 5.72. The second-order valence-electron chi connectivity index (χ2n) is 7.81. The van der Waals surface area contributed by atoms with Crippen molar-refractivity contribution in [2.24, 2.45) is 0 Å². The Morgan fingerprint density at radius 1 is 1.00 bits per heavy atom. The van der Waals surface area contributed by atoms with E-state index in [1.165, 1.54) is 30.5 Å². The highest BCUT2D eigenvalue weighted by molar-refractivity contribution is 5.88. The van der Waals surface area contributed by atoms with Crippen molar-refractivity contribution in [3.05, 3.63) is 83.9 Å². The van der Waals surface area contributed by atoms with Crippen LogP contribution in [0.15, 0.2) is 66.9 Å². The fourth-order valence-corrected chi connectivity index (χ4v) is 2.58. The molecule has 1 amide bonds. The Bertz CT molecular complexity index is 1100. The van der Waals surface area contributed by atoms with Crippen molar-refractivity contribution in [2.75, 3.05) is 5.32 Å². The smallest absolute Gasteiger partial charge is 0.412 e. The van der Waals surface area contributed by atoms with Crippen LogP contribution < -0.4 is 10.1 Å². The minimum absolute atomic E-state index is 0.0559. The lowest BCUT2D eigenvalue weighted by molar-refractivity contribution is 0.00624.